The number of likely N-dealkylation sites (tertiary alicyclic amines) is 1. The van der Waals surface area contributed by atoms with Gasteiger partial charge in [0.2, 0.25) is 5.91 Å². The number of carbonyl (C=O) groups excluding carboxylic acids is 1. The summed E-state index contributed by atoms with van der Waals surface area (Å²) in [6.45, 7) is 5.43. The van der Waals surface area contributed by atoms with Crippen LogP contribution in [0.3, 0.4) is 0 Å². The van der Waals surface area contributed by atoms with Gasteiger partial charge in [0.05, 0.1) is 20.8 Å². The summed E-state index contributed by atoms with van der Waals surface area (Å²) in [4.78, 5) is 15.1. The molecule has 0 aliphatic carbocycles. The Morgan fingerprint density at radius 2 is 1.58 bits per heavy atom. The lowest BCUT2D eigenvalue weighted by Gasteiger charge is -2.38. The number of ether oxygens (including phenoxy) is 3. The first kappa shape index (κ1) is 29.4. The molecule has 38 heavy (non-hydrogen) atoms. The first-order valence-electron chi connectivity index (χ1n) is 13.3. The molecule has 3 N–H and O–H groups in total. The maximum absolute atomic E-state index is 13.3. The van der Waals surface area contributed by atoms with Gasteiger partial charge in [-0.3, -0.25) is 4.79 Å². The summed E-state index contributed by atoms with van der Waals surface area (Å²) in [5.74, 6) is 1.59. The molecule has 1 heterocycles. The molecule has 0 saturated carbocycles. The monoisotopic (exact) mass is 522 g/mol. The maximum Gasteiger partial charge on any atom is 0.241 e. The van der Waals surface area contributed by atoms with E-state index in [-0.39, 0.29) is 25.0 Å². The molecule has 1 fully saturated rings. The van der Waals surface area contributed by atoms with E-state index in [1.54, 1.807) is 19.1 Å². The number of nitrogens with zero attached hydrogens (tertiary/aromatic N) is 1. The number of amides is 1. The normalized spacial score (nSPS) is 16.1. The third kappa shape index (κ3) is 6.65. The van der Waals surface area contributed by atoms with Gasteiger partial charge < -0.3 is 30.0 Å². The van der Waals surface area contributed by atoms with Crippen molar-refractivity contribution in [3.63, 3.8) is 0 Å². The number of carbonyl (C=O) groups is 1. The van der Waals surface area contributed by atoms with Gasteiger partial charge in [-0.15, -0.1) is 0 Å². The standard InChI is InChI=1S/C31H42N2O5/c1-5-7-24(8-6-2)31(25-9-13-27(36-3)14-10-25,26-11-15-28(37-4)16-12-26)38-22-29(32)30(35)33-19-17-23(21-34)18-20-33/h5,7-16,23,29,34H,6,17-22,32H2,1-4H3/b7-5-,24-8+. The highest BCUT2D eigenvalue weighted by Gasteiger charge is 2.40. The van der Waals surface area contributed by atoms with E-state index in [0.717, 1.165) is 47.5 Å². The second-order valence-electron chi connectivity index (χ2n) is 9.57. The zero-order valence-corrected chi connectivity index (χ0v) is 23.1. The number of nitrogens with two attached hydrogens (primary N) is 1. The minimum absolute atomic E-state index is 0.0232. The lowest BCUT2D eigenvalue weighted by atomic mass is 9.78. The predicted octanol–water partition coefficient (Wildman–Crippen LogP) is 4.43. The summed E-state index contributed by atoms with van der Waals surface area (Å²) in [6, 6.07) is 14.8. The van der Waals surface area contributed by atoms with Crippen LogP contribution in [0.2, 0.25) is 0 Å². The smallest absolute Gasteiger partial charge is 0.241 e. The van der Waals surface area contributed by atoms with Crippen LogP contribution in [0.25, 0.3) is 0 Å². The van der Waals surface area contributed by atoms with E-state index in [2.05, 4.69) is 13.0 Å². The summed E-state index contributed by atoms with van der Waals surface area (Å²) < 4.78 is 17.6. The van der Waals surface area contributed by atoms with E-state index in [9.17, 15) is 9.90 Å². The second-order valence-corrected chi connectivity index (χ2v) is 9.57. The number of benzene rings is 2. The van der Waals surface area contributed by atoms with E-state index in [1.165, 1.54) is 0 Å². The van der Waals surface area contributed by atoms with Crippen LogP contribution in [0.15, 0.2) is 72.3 Å². The lowest BCUT2D eigenvalue weighted by molar-refractivity contribution is -0.136. The van der Waals surface area contributed by atoms with Crippen LogP contribution in [0.4, 0.5) is 0 Å². The van der Waals surface area contributed by atoms with Gasteiger partial charge in [0.25, 0.3) is 0 Å². The van der Waals surface area contributed by atoms with Crippen LogP contribution in [0, 0.1) is 5.92 Å². The van der Waals surface area contributed by atoms with E-state index in [0.29, 0.717) is 13.1 Å². The zero-order chi connectivity index (χ0) is 27.5. The Morgan fingerprint density at radius 1 is 1.05 bits per heavy atom. The van der Waals surface area contributed by atoms with Gasteiger partial charge in [-0.1, -0.05) is 49.4 Å². The Balaban J connectivity index is 2.04. The predicted molar refractivity (Wildman–Crippen MR) is 150 cm³/mol. The van der Waals surface area contributed by atoms with Crippen molar-refractivity contribution >= 4 is 5.91 Å². The maximum atomic E-state index is 13.3. The first-order valence-corrected chi connectivity index (χ1v) is 13.3. The van der Waals surface area contributed by atoms with Gasteiger partial charge in [0.1, 0.15) is 23.1 Å². The van der Waals surface area contributed by atoms with Gasteiger partial charge >= 0.3 is 0 Å². The Hall–Kier alpha value is -3.13. The molecule has 0 radical (unpaired) electrons. The van der Waals surface area contributed by atoms with Crippen LogP contribution in [0.1, 0.15) is 44.2 Å². The highest BCUT2D eigenvalue weighted by Crippen LogP contribution is 2.43. The zero-order valence-electron chi connectivity index (χ0n) is 23.1. The van der Waals surface area contributed by atoms with Gasteiger partial charge in [-0.25, -0.2) is 0 Å². The van der Waals surface area contributed by atoms with E-state index >= 15 is 0 Å². The molecule has 2 aromatic carbocycles. The number of methoxy groups -OCH3 is 2. The van der Waals surface area contributed by atoms with Crippen LogP contribution in [0.5, 0.6) is 11.5 Å². The van der Waals surface area contributed by atoms with Crippen LogP contribution >= 0.6 is 0 Å². The van der Waals surface area contributed by atoms with Crippen molar-refractivity contribution in [1.29, 1.82) is 0 Å². The van der Waals surface area contributed by atoms with Crippen molar-refractivity contribution in [3.8, 4) is 11.5 Å². The molecule has 1 aliphatic rings. The Morgan fingerprint density at radius 3 is 2.00 bits per heavy atom. The summed E-state index contributed by atoms with van der Waals surface area (Å²) in [6.07, 6.45) is 8.53. The van der Waals surface area contributed by atoms with Gasteiger partial charge in [-0.05, 0) is 73.1 Å². The molecule has 1 atom stereocenters. The molecule has 7 heteroatoms. The largest absolute Gasteiger partial charge is 0.497 e. The molecular formula is C31H42N2O5. The van der Waals surface area contributed by atoms with Crippen molar-refractivity contribution in [3.05, 3.63) is 83.5 Å². The molecular weight excluding hydrogens is 480 g/mol. The Kier molecular flexibility index (Phi) is 11.0. The fourth-order valence-corrected chi connectivity index (χ4v) is 4.99. The number of hydrogen-bond donors (Lipinski definition) is 2. The van der Waals surface area contributed by atoms with Crippen molar-refractivity contribution < 1.29 is 24.1 Å². The van der Waals surface area contributed by atoms with E-state index in [1.807, 2.05) is 67.6 Å². The second kappa shape index (κ2) is 14.1. The molecule has 0 bridgehead atoms. The molecule has 0 aromatic heterocycles. The topological polar surface area (TPSA) is 94.3 Å². The number of rotatable bonds is 12. The molecule has 1 aliphatic heterocycles. The number of aliphatic hydroxyl groups excluding tert-OH is 1. The van der Waals surface area contributed by atoms with E-state index in [4.69, 9.17) is 19.9 Å². The molecule has 206 valence electrons. The molecule has 1 saturated heterocycles. The minimum atomic E-state index is -1.02. The average Bonchev–Trinajstić information content (AvgIpc) is 2.97. The molecule has 1 unspecified atom stereocenters. The fraction of sp³-hybridized carbons (Fsp3) is 0.452. The third-order valence-electron chi connectivity index (χ3n) is 7.15. The average molecular weight is 523 g/mol. The number of piperidine rings is 1. The van der Waals surface area contributed by atoms with Crippen molar-refractivity contribution in [2.75, 3.05) is 40.5 Å². The van der Waals surface area contributed by atoms with Gasteiger partial charge in [-0.2, -0.15) is 0 Å². The first-order chi connectivity index (χ1) is 18.4. The SMILES string of the molecule is C/C=C\C(=C/CC)C(OCC(N)C(=O)N1CCC(CO)CC1)(c1ccc(OC)cc1)c1ccc(OC)cc1. The number of allylic oxidation sites excluding steroid dienone is 2. The number of hydrogen-bond acceptors (Lipinski definition) is 6. The summed E-state index contributed by atoms with van der Waals surface area (Å²) in [7, 11) is 3.27. The fourth-order valence-electron chi connectivity index (χ4n) is 4.99. The lowest BCUT2D eigenvalue weighted by Crippen LogP contribution is -2.50. The highest BCUT2D eigenvalue weighted by molar-refractivity contribution is 5.82. The molecule has 2 aromatic rings. The number of aliphatic hydroxyl groups is 1. The Labute approximate surface area is 226 Å². The van der Waals surface area contributed by atoms with Gasteiger partial charge in [0, 0.05) is 19.7 Å². The Bertz CT molecular complexity index is 1020. The summed E-state index contributed by atoms with van der Waals surface area (Å²) in [5, 5.41) is 9.45. The van der Waals surface area contributed by atoms with Crippen molar-refractivity contribution in [1.82, 2.24) is 4.90 Å². The third-order valence-corrected chi connectivity index (χ3v) is 7.15. The van der Waals surface area contributed by atoms with Crippen molar-refractivity contribution in [2.45, 2.75) is 44.8 Å². The quantitative estimate of drug-likeness (QED) is 0.401. The van der Waals surface area contributed by atoms with Crippen LogP contribution in [-0.4, -0.2) is 62.5 Å². The van der Waals surface area contributed by atoms with Gasteiger partial charge in [0.15, 0.2) is 0 Å². The minimum Gasteiger partial charge on any atom is -0.497 e. The highest BCUT2D eigenvalue weighted by atomic mass is 16.5. The van der Waals surface area contributed by atoms with Crippen molar-refractivity contribution in [2.24, 2.45) is 11.7 Å². The molecule has 3 rings (SSSR count). The molecule has 7 nitrogen and oxygen atoms in total. The van der Waals surface area contributed by atoms with E-state index < -0.39 is 11.6 Å². The molecule has 0 spiro atoms. The summed E-state index contributed by atoms with van der Waals surface area (Å²) in [5.41, 5.74) is 8.18. The van der Waals surface area contributed by atoms with Crippen LogP contribution in [-0.2, 0) is 15.1 Å². The molecule has 1 amide bonds. The summed E-state index contributed by atoms with van der Waals surface area (Å²) >= 11 is 0. The van der Waals surface area contributed by atoms with Crippen LogP contribution < -0.4 is 15.2 Å².